The summed E-state index contributed by atoms with van der Waals surface area (Å²) >= 11 is 1.59. The highest BCUT2D eigenvalue weighted by Crippen LogP contribution is 2.34. The van der Waals surface area contributed by atoms with E-state index < -0.39 is 0 Å². The molecule has 0 heterocycles. The maximum Gasteiger partial charge on any atom is 0.103 e. The molecular formula is C18H20N2S. The zero-order valence-corrected chi connectivity index (χ0v) is 13.7. The van der Waals surface area contributed by atoms with E-state index in [2.05, 4.69) is 50.4 Å². The zero-order chi connectivity index (χ0) is 15.5. The molecule has 2 nitrogen and oxygen atoms in total. The molecule has 0 spiro atoms. The predicted octanol–water partition coefficient (Wildman–Crippen LogP) is 5.32. The van der Waals surface area contributed by atoms with Gasteiger partial charge in [0.15, 0.2) is 0 Å². The largest absolute Gasteiger partial charge is 0.354 e. The van der Waals surface area contributed by atoms with Gasteiger partial charge in [-0.1, -0.05) is 45.0 Å². The molecular weight excluding hydrogens is 276 g/mol. The SMILES string of the molecule is CSc1cccc(Nc2ccccc2C(C)(C)C)c1C#N. The van der Waals surface area contributed by atoms with Crippen LogP contribution >= 0.6 is 11.8 Å². The molecule has 108 valence electrons. The van der Waals surface area contributed by atoms with Crippen LogP contribution in [0, 0.1) is 11.3 Å². The summed E-state index contributed by atoms with van der Waals surface area (Å²) in [5, 5.41) is 12.9. The van der Waals surface area contributed by atoms with E-state index in [0.29, 0.717) is 5.56 Å². The summed E-state index contributed by atoms with van der Waals surface area (Å²) in [5.74, 6) is 0. The Kier molecular flexibility index (Phi) is 4.59. The van der Waals surface area contributed by atoms with E-state index in [4.69, 9.17) is 0 Å². The quantitative estimate of drug-likeness (QED) is 0.778. The van der Waals surface area contributed by atoms with Crippen LogP contribution in [0.2, 0.25) is 0 Å². The number of benzene rings is 2. The van der Waals surface area contributed by atoms with Crippen LogP contribution in [0.3, 0.4) is 0 Å². The fraction of sp³-hybridized carbons (Fsp3) is 0.278. The molecule has 3 heteroatoms. The van der Waals surface area contributed by atoms with Crippen molar-refractivity contribution in [3.8, 4) is 6.07 Å². The molecule has 0 aliphatic heterocycles. The summed E-state index contributed by atoms with van der Waals surface area (Å²) in [6.07, 6.45) is 1.99. The van der Waals surface area contributed by atoms with Gasteiger partial charge in [0.05, 0.1) is 11.3 Å². The van der Waals surface area contributed by atoms with Crippen LogP contribution in [0.1, 0.15) is 31.9 Å². The maximum atomic E-state index is 9.43. The molecule has 0 unspecified atom stereocenters. The number of nitriles is 1. The van der Waals surface area contributed by atoms with Crippen LogP contribution in [0.4, 0.5) is 11.4 Å². The predicted molar refractivity (Wildman–Crippen MR) is 91.4 cm³/mol. The van der Waals surface area contributed by atoms with Crippen molar-refractivity contribution in [1.82, 2.24) is 0 Å². The van der Waals surface area contributed by atoms with Gasteiger partial charge in [-0.15, -0.1) is 11.8 Å². The number of hydrogen-bond donors (Lipinski definition) is 1. The molecule has 0 fully saturated rings. The Balaban J connectivity index is 2.48. The monoisotopic (exact) mass is 296 g/mol. The van der Waals surface area contributed by atoms with Gasteiger partial charge in [-0.2, -0.15) is 5.26 Å². The average Bonchev–Trinajstić information content (AvgIpc) is 2.46. The molecule has 2 rings (SSSR count). The van der Waals surface area contributed by atoms with Crippen LogP contribution in [0.15, 0.2) is 47.4 Å². The van der Waals surface area contributed by atoms with Gasteiger partial charge in [-0.05, 0) is 35.4 Å². The van der Waals surface area contributed by atoms with Crippen molar-refractivity contribution in [3.05, 3.63) is 53.6 Å². The summed E-state index contributed by atoms with van der Waals surface area (Å²) < 4.78 is 0. The zero-order valence-electron chi connectivity index (χ0n) is 12.9. The molecule has 2 aromatic carbocycles. The number of anilines is 2. The van der Waals surface area contributed by atoms with E-state index in [-0.39, 0.29) is 5.41 Å². The van der Waals surface area contributed by atoms with Crippen LogP contribution < -0.4 is 5.32 Å². The van der Waals surface area contributed by atoms with E-state index in [0.717, 1.165) is 16.3 Å². The lowest BCUT2D eigenvalue weighted by molar-refractivity contribution is 0.592. The third-order valence-electron chi connectivity index (χ3n) is 3.36. The van der Waals surface area contributed by atoms with Crippen molar-refractivity contribution in [3.63, 3.8) is 0 Å². The minimum Gasteiger partial charge on any atom is -0.354 e. The second-order valence-electron chi connectivity index (χ2n) is 5.92. The van der Waals surface area contributed by atoms with Crippen molar-refractivity contribution >= 4 is 23.1 Å². The number of para-hydroxylation sites is 1. The van der Waals surface area contributed by atoms with Crippen LogP contribution in [-0.2, 0) is 5.41 Å². The Morgan fingerprint density at radius 3 is 2.29 bits per heavy atom. The Labute approximate surface area is 131 Å². The Morgan fingerprint density at radius 2 is 1.67 bits per heavy atom. The molecule has 0 aromatic heterocycles. The third-order valence-corrected chi connectivity index (χ3v) is 4.14. The van der Waals surface area contributed by atoms with Gasteiger partial charge >= 0.3 is 0 Å². The highest BCUT2D eigenvalue weighted by molar-refractivity contribution is 7.98. The molecule has 21 heavy (non-hydrogen) atoms. The summed E-state index contributed by atoms with van der Waals surface area (Å²) in [7, 11) is 0. The van der Waals surface area contributed by atoms with Gasteiger partial charge < -0.3 is 5.32 Å². The molecule has 0 saturated carbocycles. The molecule has 0 aliphatic rings. The number of nitrogens with one attached hydrogen (secondary N) is 1. The number of nitrogens with zero attached hydrogens (tertiary/aromatic N) is 1. The van der Waals surface area contributed by atoms with Crippen LogP contribution in [-0.4, -0.2) is 6.26 Å². The highest BCUT2D eigenvalue weighted by atomic mass is 32.2. The van der Waals surface area contributed by atoms with E-state index in [1.54, 1.807) is 11.8 Å². The molecule has 0 bridgehead atoms. The van der Waals surface area contributed by atoms with Crippen molar-refractivity contribution in [2.45, 2.75) is 31.1 Å². The van der Waals surface area contributed by atoms with Crippen molar-refractivity contribution in [2.75, 3.05) is 11.6 Å². The summed E-state index contributed by atoms with van der Waals surface area (Å²) in [5.41, 5.74) is 3.91. The smallest absolute Gasteiger partial charge is 0.103 e. The molecule has 0 radical (unpaired) electrons. The normalized spacial score (nSPS) is 11.0. The molecule has 2 aromatic rings. The summed E-state index contributed by atoms with van der Waals surface area (Å²) in [6, 6.07) is 16.5. The molecule has 0 atom stereocenters. The van der Waals surface area contributed by atoms with Crippen molar-refractivity contribution in [1.29, 1.82) is 5.26 Å². The van der Waals surface area contributed by atoms with Gasteiger partial charge in [0.2, 0.25) is 0 Å². The third kappa shape index (κ3) is 3.40. The van der Waals surface area contributed by atoms with Gasteiger partial charge in [-0.3, -0.25) is 0 Å². The second kappa shape index (κ2) is 6.24. The van der Waals surface area contributed by atoms with Gasteiger partial charge in [0.1, 0.15) is 6.07 Å². The van der Waals surface area contributed by atoms with Crippen molar-refractivity contribution in [2.24, 2.45) is 0 Å². The van der Waals surface area contributed by atoms with E-state index in [9.17, 15) is 5.26 Å². The molecule has 0 saturated heterocycles. The molecule has 0 aliphatic carbocycles. The summed E-state index contributed by atoms with van der Waals surface area (Å²) in [6.45, 7) is 6.57. The Morgan fingerprint density at radius 1 is 1.00 bits per heavy atom. The Hall–Kier alpha value is -1.92. The van der Waals surface area contributed by atoms with Crippen molar-refractivity contribution < 1.29 is 0 Å². The second-order valence-corrected chi connectivity index (χ2v) is 6.76. The molecule has 0 amide bonds. The van der Waals surface area contributed by atoms with Gasteiger partial charge in [0.25, 0.3) is 0 Å². The molecule has 1 N–H and O–H groups in total. The average molecular weight is 296 g/mol. The number of thioether (sulfide) groups is 1. The standard InChI is InChI=1S/C18H20N2S/c1-18(2,3)14-8-5-6-9-16(14)20-15-10-7-11-17(21-4)13(15)12-19/h5-11,20H,1-4H3. The first-order valence-electron chi connectivity index (χ1n) is 6.91. The maximum absolute atomic E-state index is 9.43. The summed E-state index contributed by atoms with van der Waals surface area (Å²) in [4.78, 5) is 0.996. The lowest BCUT2D eigenvalue weighted by atomic mass is 9.85. The van der Waals surface area contributed by atoms with E-state index in [1.807, 2.05) is 30.5 Å². The first kappa shape index (κ1) is 15.5. The number of hydrogen-bond acceptors (Lipinski definition) is 3. The van der Waals surface area contributed by atoms with Crippen LogP contribution in [0.5, 0.6) is 0 Å². The van der Waals surface area contributed by atoms with E-state index >= 15 is 0 Å². The van der Waals surface area contributed by atoms with Crippen LogP contribution in [0.25, 0.3) is 0 Å². The fourth-order valence-electron chi connectivity index (χ4n) is 2.31. The van der Waals surface area contributed by atoms with Gasteiger partial charge in [0, 0.05) is 10.6 Å². The number of rotatable bonds is 3. The lowest BCUT2D eigenvalue weighted by Crippen LogP contribution is -2.13. The Bertz CT molecular complexity index is 678. The van der Waals surface area contributed by atoms with E-state index in [1.165, 1.54) is 5.56 Å². The first-order valence-corrected chi connectivity index (χ1v) is 8.13. The minimum atomic E-state index is 0.0491. The minimum absolute atomic E-state index is 0.0491. The first-order chi connectivity index (χ1) is 9.97. The lowest BCUT2D eigenvalue weighted by Gasteiger charge is -2.24. The van der Waals surface area contributed by atoms with Gasteiger partial charge in [-0.25, -0.2) is 0 Å². The highest BCUT2D eigenvalue weighted by Gasteiger charge is 2.18. The topological polar surface area (TPSA) is 35.8 Å². The fourth-order valence-corrected chi connectivity index (χ4v) is 2.89.